The molecule has 0 aromatic carbocycles. The molecule has 0 saturated heterocycles. The van der Waals surface area contributed by atoms with Crippen molar-refractivity contribution in [3.8, 4) is 0 Å². The Bertz CT molecular complexity index is 6.00. The Morgan fingerprint density at radius 3 is 0.750 bits per heavy atom. The van der Waals surface area contributed by atoms with Crippen LogP contribution in [0.3, 0.4) is 0 Å². The summed E-state index contributed by atoms with van der Waals surface area (Å²) in [7, 11) is 0. The second-order valence-corrected chi connectivity index (χ2v) is 0. The van der Waals surface area contributed by atoms with Crippen LogP contribution in [0.4, 0.5) is 0 Å². The zero-order valence-electron chi connectivity index (χ0n) is 2.39. The van der Waals surface area contributed by atoms with E-state index in [1.807, 2.05) is 0 Å². The average Bonchev–Trinajstić information content (AvgIpc) is 0. The summed E-state index contributed by atoms with van der Waals surface area (Å²) in [5, 5.41) is 0. The van der Waals surface area contributed by atoms with Crippen molar-refractivity contribution in [2.75, 3.05) is 0 Å². The van der Waals surface area contributed by atoms with Crippen LogP contribution >= 0.6 is 0 Å². The predicted molar refractivity (Wildman–Crippen MR) is 7.13 cm³/mol. The van der Waals surface area contributed by atoms with E-state index < -0.39 is 0 Å². The van der Waals surface area contributed by atoms with Crippen LogP contribution in [0.15, 0.2) is 0 Å². The molecule has 4 heteroatoms. The smallest absolute Gasteiger partial charge is 2.00 e. The van der Waals surface area contributed by atoms with Crippen molar-refractivity contribution in [2.24, 2.45) is 0 Å². The predicted octanol–water partition coefficient (Wildman–Crippen LogP) is -3.61. The molecule has 0 atom stereocenters. The zero-order valence-corrected chi connectivity index (χ0v) is 4.39. The third kappa shape index (κ3) is 12.1. The van der Waals surface area contributed by atoms with E-state index in [2.05, 4.69) is 0 Å². The van der Waals surface area contributed by atoms with Crippen LogP contribution in [-0.2, 0) is 11.0 Å². The fraction of sp³-hybridized carbons (Fsp3) is 0. The molecule has 0 radical (unpaired) electrons. The molecule has 0 unspecified atom stereocenters. The van der Waals surface area contributed by atoms with Gasteiger partial charge in [-0.1, -0.05) is 0 Å². The fourth-order valence-corrected chi connectivity index (χ4v) is 0. The quantitative estimate of drug-likeness (QED) is 0.262. The minimum Gasteiger partial charge on any atom is -2.00 e. The molecule has 0 aliphatic heterocycles. The summed E-state index contributed by atoms with van der Waals surface area (Å²) >= 11 is 0. The van der Waals surface area contributed by atoms with Crippen molar-refractivity contribution in [1.29, 1.82) is 0 Å². The SMILES string of the molecule is [B+3].[Na+].[O-2].[O-2]. The zero-order chi connectivity index (χ0) is 0. The van der Waals surface area contributed by atoms with Crippen LogP contribution in [0, 0.1) is 0 Å². The molecule has 0 aromatic heterocycles. The maximum Gasteiger partial charge on any atom is 3.00 e. The molecule has 0 bridgehead atoms. The van der Waals surface area contributed by atoms with E-state index in [0.29, 0.717) is 0 Å². The normalized spacial score (nSPS) is 0. The van der Waals surface area contributed by atoms with Crippen molar-refractivity contribution in [2.45, 2.75) is 0 Å². The van der Waals surface area contributed by atoms with Gasteiger partial charge in [0.05, 0.1) is 0 Å². The number of rotatable bonds is 0. The van der Waals surface area contributed by atoms with Gasteiger partial charge in [-0.05, 0) is 0 Å². The van der Waals surface area contributed by atoms with Gasteiger partial charge in [-0.15, -0.1) is 0 Å². The third-order valence-electron chi connectivity index (χ3n) is 0. The van der Waals surface area contributed by atoms with E-state index in [1.165, 1.54) is 0 Å². The molecule has 4 heavy (non-hydrogen) atoms. The van der Waals surface area contributed by atoms with Gasteiger partial charge in [0.25, 0.3) is 0 Å². The second-order valence-electron chi connectivity index (χ2n) is 0. The first-order chi connectivity index (χ1) is 0. The average molecular weight is 65.8 g/mol. The second kappa shape index (κ2) is 36.6. The molecule has 0 fully saturated rings. The molecule has 0 rings (SSSR count). The van der Waals surface area contributed by atoms with E-state index in [0.717, 1.165) is 0 Å². The topological polar surface area (TPSA) is 57.0 Å². The summed E-state index contributed by atoms with van der Waals surface area (Å²) in [4.78, 5) is 0. The van der Waals surface area contributed by atoms with E-state index in [-0.39, 0.29) is 48.9 Å². The molecule has 2 nitrogen and oxygen atoms in total. The van der Waals surface area contributed by atoms with Gasteiger partial charge in [0.1, 0.15) is 0 Å². The van der Waals surface area contributed by atoms with Gasteiger partial charge in [0.2, 0.25) is 0 Å². The van der Waals surface area contributed by atoms with Crippen LogP contribution in [0.2, 0.25) is 0 Å². The summed E-state index contributed by atoms with van der Waals surface area (Å²) in [6, 6.07) is 0. The molecule has 0 spiro atoms. The first kappa shape index (κ1) is 81.6. The molecule has 0 aliphatic rings. The third-order valence-corrected chi connectivity index (χ3v) is 0. The van der Waals surface area contributed by atoms with Crippen LogP contribution in [0.1, 0.15) is 0 Å². The maximum atomic E-state index is 0. The number of hydrogen-bond acceptors (Lipinski definition) is 0. The Balaban J connectivity index is 0. The Kier molecular flexibility index (Phi) is 747. The largest absolute Gasteiger partial charge is 3.00 e. The van der Waals surface area contributed by atoms with Crippen LogP contribution in [0.5, 0.6) is 0 Å². The summed E-state index contributed by atoms with van der Waals surface area (Å²) in [5.41, 5.74) is 0. The Hall–Kier alpha value is 0.985. The Labute approximate surface area is 49.1 Å². The minimum atomic E-state index is 0. The van der Waals surface area contributed by atoms with Gasteiger partial charge in [-0.2, -0.15) is 0 Å². The number of hydrogen-bond donors (Lipinski definition) is 0. The fourth-order valence-electron chi connectivity index (χ4n) is 0. The van der Waals surface area contributed by atoms with E-state index in [4.69, 9.17) is 0 Å². The van der Waals surface area contributed by atoms with Gasteiger partial charge in [0.15, 0.2) is 0 Å². The van der Waals surface area contributed by atoms with Crippen LogP contribution < -0.4 is 29.6 Å². The van der Waals surface area contributed by atoms with E-state index in [9.17, 15) is 0 Å². The van der Waals surface area contributed by atoms with E-state index >= 15 is 0 Å². The van der Waals surface area contributed by atoms with Crippen molar-refractivity contribution >= 4 is 8.41 Å². The standard InChI is InChI=1S/B.Na.2O/q+3;+1;2*-2. The molecule has 16 valence electrons. The summed E-state index contributed by atoms with van der Waals surface area (Å²) in [5.74, 6) is 0. The molecular weight excluding hydrogens is 65.8 g/mol. The molecule has 0 amide bonds. The van der Waals surface area contributed by atoms with Crippen molar-refractivity contribution < 1.29 is 40.5 Å². The Morgan fingerprint density at radius 2 is 0.750 bits per heavy atom. The van der Waals surface area contributed by atoms with Crippen molar-refractivity contribution in [3.63, 3.8) is 0 Å². The van der Waals surface area contributed by atoms with Gasteiger partial charge in [0, 0.05) is 0 Å². The summed E-state index contributed by atoms with van der Waals surface area (Å²) in [6.45, 7) is 0. The van der Waals surface area contributed by atoms with E-state index in [1.54, 1.807) is 0 Å². The summed E-state index contributed by atoms with van der Waals surface area (Å²) in [6.07, 6.45) is 0. The van der Waals surface area contributed by atoms with Gasteiger partial charge >= 0.3 is 38.0 Å². The molecule has 0 heterocycles. The first-order valence-corrected chi connectivity index (χ1v) is 0. The van der Waals surface area contributed by atoms with Crippen molar-refractivity contribution in [1.82, 2.24) is 0 Å². The maximum absolute atomic E-state index is 0. The monoisotopic (exact) mass is 66.0 g/mol. The molecule has 0 N–H and O–H groups in total. The van der Waals surface area contributed by atoms with Crippen molar-refractivity contribution in [3.05, 3.63) is 0 Å². The summed E-state index contributed by atoms with van der Waals surface area (Å²) < 4.78 is 0. The van der Waals surface area contributed by atoms with Gasteiger partial charge in [-0.3, -0.25) is 0 Å². The van der Waals surface area contributed by atoms with Crippen LogP contribution in [-0.4, -0.2) is 8.41 Å². The van der Waals surface area contributed by atoms with Gasteiger partial charge < -0.3 is 11.0 Å². The van der Waals surface area contributed by atoms with Gasteiger partial charge in [-0.25, -0.2) is 0 Å². The van der Waals surface area contributed by atoms with Crippen LogP contribution in [0.25, 0.3) is 0 Å². The molecule has 0 saturated carbocycles. The molecule has 0 aliphatic carbocycles. The first-order valence-electron chi connectivity index (χ1n) is 0. The molecule has 0 aromatic rings. The minimum absolute atomic E-state index is 0. The Morgan fingerprint density at radius 1 is 0.750 bits per heavy atom. The molecular formula is BNaO2.